The highest BCUT2D eigenvalue weighted by Crippen LogP contribution is 2.40. The molecule has 1 fully saturated rings. The fourth-order valence-corrected chi connectivity index (χ4v) is 5.59. The first-order valence-corrected chi connectivity index (χ1v) is 12.4. The van der Waals surface area contributed by atoms with Crippen LogP contribution in [0.4, 0.5) is 0 Å². The summed E-state index contributed by atoms with van der Waals surface area (Å²) in [6.45, 7) is 1.01. The number of esters is 1. The number of aliphatic carboxylic acids is 1. The molecule has 2 aliphatic rings. The molecular formula is C26H22N4O6S. The van der Waals surface area contributed by atoms with Crippen LogP contribution in [-0.2, 0) is 19.1 Å². The fourth-order valence-electron chi connectivity index (χ4n) is 4.26. The maximum absolute atomic E-state index is 13.4. The molecule has 1 saturated heterocycles. The molecule has 188 valence electrons. The Balaban J connectivity index is 1.41. The highest BCUT2D eigenvalue weighted by Gasteiger charge is 2.54. The predicted octanol–water partition coefficient (Wildman–Crippen LogP) is 2.45. The highest BCUT2D eigenvalue weighted by molar-refractivity contribution is 8.00. The van der Waals surface area contributed by atoms with E-state index in [4.69, 9.17) is 4.74 Å². The second kappa shape index (κ2) is 9.94. The molecular weight excluding hydrogens is 496 g/mol. The zero-order valence-corrected chi connectivity index (χ0v) is 20.5. The summed E-state index contributed by atoms with van der Waals surface area (Å²) >= 11 is 1.30. The van der Waals surface area contributed by atoms with Crippen molar-refractivity contribution in [1.29, 1.82) is 0 Å². The van der Waals surface area contributed by atoms with Crippen LogP contribution in [0.15, 0.2) is 78.1 Å². The van der Waals surface area contributed by atoms with Gasteiger partial charge in [0.05, 0.1) is 11.3 Å². The van der Waals surface area contributed by atoms with E-state index in [0.717, 1.165) is 16.2 Å². The SMILES string of the molecule is CC(=O)OCC1=C(C(=O)O)N2C(=O)[C@@H](NC(=O)c3cn(-c4ccccc4)nc3-c3ccccc3)[C@@H]2SC1. The summed E-state index contributed by atoms with van der Waals surface area (Å²) in [6.07, 6.45) is 1.61. The Labute approximate surface area is 215 Å². The van der Waals surface area contributed by atoms with Gasteiger partial charge in [-0.25, -0.2) is 9.48 Å². The number of para-hydroxylation sites is 1. The number of amides is 2. The van der Waals surface area contributed by atoms with Gasteiger partial charge in [-0.15, -0.1) is 11.8 Å². The number of hydrogen-bond donors (Lipinski definition) is 2. The quantitative estimate of drug-likeness (QED) is 0.360. The molecule has 0 unspecified atom stereocenters. The first kappa shape index (κ1) is 24.3. The zero-order chi connectivity index (χ0) is 26.1. The third kappa shape index (κ3) is 4.60. The Bertz CT molecular complexity index is 1420. The Morgan fingerprint density at radius 2 is 1.78 bits per heavy atom. The molecule has 3 heterocycles. The van der Waals surface area contributed by atoms with Crippen LogP contribution in [0.1, 0.15) is 17.3 Å². The standard InChI is InChI=1S/C26H22N4O6S/c1-15(31)36-13-17-14-37-25-21(24(33)30(25)22(17)26(34)35)27-23(32)19-12-29(18-10-6-3-7-11-18)28-20(19)16-8-4-2-5-9-16/h2-12,21,25H,13-14H2,1H3,(H,27,32)(H,34,35)/t21-,25+/m1/s1. The number of nitrogens with one attached hydrogen (secondary N) is 1. The molecule has 2 amide bonds. The van der Waals surface area contributed by atoms with Crippen molar-refractivity contribution < 1.29 is 29.0 Å². The number of aromatic nitrogens is 2. The van der Waals surface area contributed by atoms with Crippen molar-refractivity contribution in [3.8, 4) is 16.9 Å². The molecule has 0 saturated carbocycles. The molecule has 1 aromatic heterocycles. The van der Waals surface area contributed by atoms with Gasteiger partial charge in [-0.05, 0) is 12.1 Å². The number of nitrogens with zero attached hydrogens (tertiary/aromatic N) is 3. The van der Waals surface area contributed by atoms with Crippen LogP contribution in [0, 0.1) is 0 Å². The molecule has 11 heteroatoms. The number of carbonyl (C=O) groups excluding carboxylic acids is 3. The van der Waals surface area contributed by atoms with E-state index in [1.54, 1.807) is 10.9 Å². The van der Waals surface area contributed by atoms with E-state index in [2.05, 4.69) is 10.4 Å². The number of carboxylic acids is 1. The molecule has 5 rings (SSSR count). The first-order valence-electron chi connectivity index (χ1n) is 11.4. The molecule has 37 heavy (non-hydrogen) atoms. The molecule has 0 spiro atoms. The van der Waals surface area contributed by atoms with Gasteiger partial charge in [-0.1, -0.05) is 48.5 Å². The van der Waals surface area contributed by atoms with E-state index >= 15 is 0 Å². The van der Waals surface area contributed by atoms with Crippen LogP contribution in [0.5, 0.6) is 0 Å². The van der Waals surface area contributed by atoms with Crippen LogP contribution < -0.4 is 5.32 Å². The number of fused-ring (bicyclic) bond motifs is 1. The summed E-state index contributed by atoms with van der Waals surface area (Å²) in [5.41, 5.74) is 2.37. The Morgan fingerprint density at radius 1 is 1.11 bits per heavy atom. The van der Waals surface area contributed by atoms with E-state index in [-0.39, 0.29) is 23.6 Å². The summed E-state index contributed by atoms with van der Waals surface area (Å²) in [7, 11) is 0. The van der Waals surface area contributed by atoms with Crippen molar-refractivity contribution >= 4 is 35.5 Å². The van der Waals surface area contributed by atoms with E-state index in [1.165, 1.54) is 18.7 Å². The number of benzene rings is 2. The lowest BCUT2D eigenvalue weighted by Gasteiger charge is -2.49. The number of carbonyl (C=O) groups is 4. The fraction of sp³-hybridized carbons (Fsp3) is 0.192. The second-order valence-corrected chi connectivity index (χ2v) is 9.54. The van der Waals surface area contributed by atoms with Gasteiger partial charge in [0.2, 0.25) is 0 Å². The smallest absolute Gasteiger partial charge is 0.352 e. The minimum atomic E-state index is -1.29. The maximum Gasteiger partial charge on any atom is 0.352 e. The van der Waals surface area contributed by atoms with Crippen LogP contribution in [0.2, 0.25) is 0 Å². The average Bonchev–Trinajstić information content (AvgIpc) is 3.36. The summed E-state index contributed by atoms with van der Waals surface area (Å²) in [6, 6.07) is 17.7. The Morgan fingerprint density at radius 3 is 2.43 bits per heavy atom. The van der Waals surface area contributed by atoms with Crippen LogP contribution in [0.3, 0.4) is 0 Å². The molecule has 3 aromatic rings. The lowest BCUT2D eigenvalue weighted by Crippen LogP contribution is -2.70. The number of β-lactam (4-membered cyclic amide) rings is 1. The highest BCUT2D eigenvalue weighted by atomic mass is 32.2. The van der Waals surface area contributed by atoms with E-state index < -0.39 is 35.2 Å². The number of thioether (sulfide) groups is 1. The average molecular weight is 519 g/mol. The van der Waals surface area contributed by atoms with Gasteiger partial charge in [-0.2, -0.15) is 5.10 Å². The minimum Gasteiger partial charge on any atom is -0.477 e. The third-order valence-electron chi connectivity index (χ3n) is 6.01. The minimum absolute atomic E-state index is 0.206. The van der Waals surface area contributed by atoms with Crippen LogP contribution in [-0.4, -0.2) is 67.3 Å². The summed E-state index contributed by atoms with van der Waals surface area (Å²) in [5, 5.41) is 16.6. The number of carboxylic acid groups (broad SMARTS) is 1. The predicted molar refractivity (Wildman–Crippen MR) is 135 cm³/mol. The van der Waals surface area contributed by atoms with Crippen molar-refractivity contribution in [2.24, 2.45) is 0 Å². The molecule has 10 nitrogen and oxygen atoms in total. The van der Waals surface area contributed by atoms with E-state index in [0.29, 0.717) is 11.3 Å². The van der Waals surface area contributed by atoms with Gasteiger partial charge < -0.3 is 15.2 Å². The maximum atomic E-state index is 13.4. The molecule has 0 bridgehead atoms. The molecule has 0 aliphatic carbocycles. The molecule has 2 aliphatic heterocycles. The van der Waals surface area contributed by atoms with Crippen molar-refractivity contribution in [3.05, 3.63) is 83.7 Å². The van der Waals surface area contributed by atoms with Crippen molar-refractivity contribution in [2.45, 2.75) is 18.3 Å². The summed E-state index contributed by atoms with van der Waals surface area (Å²) in [5.74, 6) is -2.63. The number of rotatable bonds is 7. The van der Waals surface area contributed by atoms with Gasteiger partial charge in [0.1, 0.15) is 29.4 Å². The zero-order valence-electron chi connectivity index (χ0n) is 19.7. The largest absolute Gasteiger partial charge is 0.477 e. The van der Waals surface area contributed by atoms with E-state index in [1.807, 2.05) is 60.7 Å². The molecule has 2 N–H and O–H groups in total. The Hall–Kier alpha value is -4.38. The van der Waals surface area contributed by atoms with Gasteiger partial charge in [0.15, 0.2) is 0 Å². The van der Waals surface area contributed by atoms with Crippen molar-refractivity contribution in [3.63, 3.8) is 0 Å². The van der Waals surface area contributed by atoms with Crippen LogP contribution in [0.25, 0.3) is 16.9 Å². The van der Waals surface area contributed by atoms with Gasteiger partial charge >= 0.3 is 11.9 Å². The third-order valence-corrected chi connectivity index (χ3v) is 7.35. The summed E-state index contributed by atoms with van der Waals surface area (Å²) in [4.78, 5) is 50.7. The van der Waals surface area contributed by atoms with Gasteiger partial charge in [0.25, 0.3) is 11.8 Å². The van der Waals surface area contributed by atoms with Crippen molar-refractivity contribution in [2.75, 3.05) is 12.4 Å². The lowest BCUT2D eigenvalue weighted by atomic mass is 10.0. The van der Waals surface area contributed by atoms with Crippen molar-refractivity contribution in [1.82, 2.24) is 20.0 Å². The monoisotopic (exact) mass is 518 g/mol. The van der Waals surface area contributed by atoms with Gasteiger partial charge in [0, 0.05) is 30.0 Å². The first-order chi connectivity index (χ1) is 17.8. The normalized spacial score (nSPS) is 18.6. The number of hydrogen-bond acceptors (Lipinski definition) is 7. The summed E-state index contributed by atoms with van der Waals surface area (Å²) < 4.78 is 6.56. The van der Waals surface area contributed by atoms with E-state index in [9.17, 15) is 24.3 Å². The molecule has 2 aromatic carbocycles. The topological polar surface area (TPSA) is 131 Å². The Kier molecular flexibility index (Phi) is 6.53. The van der Waals surface area contributed by atoms with Crippen LogP contribution >= 0.6 is 11.8 Å². The van der Waals surface area contributed by atoms with Gasteiger partial charge in [-0.3, -0.25) is 19.3 Å². The molecule has 2 atom stereocenters. The lowest BCUT2D eigenvalue weighted by molar-refractivity contribution is -0.149. The molecule has 0 radical (unpaired) electrons. The number of ether oxygens (including phenoxy) is 1. The second-order valence-electron chi connectivity index (χ2n) is 8.44.